The van der Waals surface area contributed by atoms with E-state index in [4.69, 9.17) is 9.15 Å². The molecule has 0 spiro atoms. The van der Waals surface area contributed by atoms with Crippen molar-refractivity contribution in [2.24, 2.45) is 7.05 Å². The average Bonchev–Trinajstić information content (AvgIpc) is 3.27. The molecular formula is C19H16N4O3. The number of carbonyl (C=O) groups excluding carboxylic acids is 1. The van der Waals surface area contributed by atoms with Gasteiger partial charge < -0.3 is 9.15 Å². The van der Waals surface area contributed by atoms with Gasteiger partial charge in [0, 0.05) is 30.6 Å². The number of oxazole rings is 1. The molecule has 0 aliphatic rings. The second-order valence-corrected chi connectivity index (χ2v) is 5.75. The van der Waals surface area contributed by atoms with Gasteiger partial charge in [-0.1, -0.05) is 6.07 Å². The number of hydrogen-bond acceptors (Lipinski definition) is 6. The molecule has 0 amide bonds. The molecule has 130 valence electrons. The average molecular weight is 348 g/mol. The van der Waals surface area contributed by atoms with Gasteiger partial charge in [-0.2, -0.15) is 5.10 Å². The lowest BCUT2D eigenvalue weighted by Crippen LogP contribution is -2.06. The van der Waals surface area contributed by atoms with Gasteiger partial charge in [-0.3, -0.25) is 4.68 Å². The monoisotopic (exact) mass is 348 g/mol. The summed E-state index contributed by atoms with van der Waals surface area (Å²) < 4.78 is 12.6. The Morgan fingerprint density at radius 2 is 2.08 bits per heavy atom. The number of pyridine rings is 1. The summed E-state index contributed by atoms with van der Waals surface area (Å²) in [5.41, 5.74) is 4.31. The molecule has 0 aliphatic heterocycles. The van der Waals surface area contributed by atoms with Gasteiger partial charge in [-0.25, -0.2) is 14.8 Å². The van der Waals surface area contributed by atoms with Crippen LogP contribution in [-0.4, -0.2) is 32.3 Å². The van der Waals surface area contributed by atoms with Crippen LogP contribution in [-0.2, 0) is 11.8 Å². The molecule has 4 aromatic rings. The number of rotatable bonds is 4. The molecule has 0 radical (unpaired) electrons. The normalized spacial score (nSPS) is 11.0. The Labute approximate surface area is 149 Å². The predicted octanol–water partition coefficient (Wildman–Crippen LogP) is 3.47. The van der Waals surface area contributed by atoms with Crippen molar-refractivity contribution in [3.05, 3.63) is 54.6 Å². The lowest BCUT2D eigenvalue weighted by atomic mass is 10.1. The Balaban J connectivity index is 1.71. The van der Waals surface area contributed by atoms with Crippen molar-refractivity contribution < 1.29 is 13.9 Å². The fourth-order valence-electron chi connectivity index (χ4n) is 2.68. The first kappa shape index (κ1) is 16.0. The largest absolute Gasteiger partial charge is 0.461 e. The highest BCUT2D eigenvalue weighted by molar-refractivity contribution is 5.89. The van der Waals surface area contributed by atoms with E-state index in [1.807, 2.05) is 31.4 Å². The molecule has 3 heterocycles. The van der Waals surface area contributed by atoms with Crippen LogP contribution in [0.1, 0.15) is 17.4 Å². The number of hydrogen-bond donors (Lipinski definition) is 0. The van der Waals surface area contributed by atoms with Crippen LogP contribution in [0.5, 0.6) is 0 Å². The van der Waals surface area contributed by atoms with Crippen LogP contribution >= 0.6 is 0 Å². The molecule has 0 fully saturated rings. The van der Waals surface area contributed by atoms with Crippen molar-refractivity contribution in [1.29, 1.82) is 0 Å². The zero-order chi connectivity index (χ0) is 18.1. The van der Waals surface area contributed by atoms with Gasteiger partial charge in [0.1, 0.15) is 11.2 Å². The first-order valence-corrected chi connectivity index (χ1v) is 8.17. The molecule has 0 atom stereocenters. The number of fused-ring (bicyclic) bond motifs is 1. The van der Waals surface area contributed by atoms with Crippen LogP contribution < -0.4 is 0 Å². The van der Waals surface area contributed by atoms with Gasteiger partial charge in [0.05, 0.1) is 12.8 Å². The molecule has 4 rings (SSSR count). The summed E-state index contributed by atoms with van der Waals surface area (Å²) in [7, 11) is 1.88. The summed E-state index contributed by atoms with van der Waals surface area (Å²) in [5.74, 6) is -0.0411. The zero-order valence-corrected chi connectivity index (χ0v) is 14.3. The van der Waals surface area contributed by atoms with E-state index < -0.39 is 5.97 Å². The van der Waals surface area contributed by atoms with E-state index in [-0.39, 0.29) is 5.69 Å². The molecule has 0 saturated carbocycles. The zero-order valence-electron chi connectivity index (χ0n) is 14.3. The summed E-state index contributed by atoms with van der Waals surface area (Å²) in [6.45, 7) is 2.05. The lowest BCUT2D eigenvalue weighted by molar-refractivity contribution is 0.0519. The Morgan fingerprint density at radius 1 is 1.19 bits per heavy atom. The van der Waals surface area contributed by atoms with Crippen LogP contribution in [0.4, 0.5) is 0 Å². The van der Waals surface area contributed by atoms with E-state index in [1.165, 1.54) is 6.20 Å². The molecule has 7 heteroatoms. The highest BCUT2D eigenvalue weighted by Crippen LogP contribution is 2.28. The van der Waals surface area contributed by atoms with E-state index in [9.17, 15) is 4.79 Å². The Kier molecular flexibility index (Phi) is 3.96. The van der Waals surface area contributed by atoms with Crippen LogP contribution in [0.3, 0.4) is 0 Å². The van der Waals surface area contributed by atoms with Gasteiger partial charge in [0.15, 0.2) is 5.58 Å². The van der Waals surface area contributed by atoms with Crippen molar-refractivity contribution in [2.75, 3.05) is 6.61 Å². The number of aromatic nitrogens is 4. The second-order valence-electron chi connectivity index (χ2n) is 5.75. The van der Waals surface area contributed by atoms with Crippen molar-refractivity contribution in [1.82, 2.24) is 19.7 Å². The van der Waals surface area contributed by atoms with Crippen molar-refractivity contribution >= 4 is 17.1 Å². The second kappa shape index (κ2) is 6.44. The molecular weight excluding hydrogens is 332 g/mol. The summed E-state index contributed by atoms with van der Waals surface area (Å²) in [5, 5.41) is 4.19. The Morgan fingerprint density at radius 3 is 2.85 bits per heavy atom. The third-order valence-corrected chi connectivity index (χ3v) is 3.92. The number of nitrogens with zero attached hydrogens (tertiary/aromatic N) is 4. The molecule has 7 nitrogen and oxygen atoms in total. The van der Waals surface area contributed by atoms with E-state index >= 15 is 0 Å². The van der Waals surface area contributed by atoms with Crippen molar-refractivity contribution in [2.45, 2.75) is 6.92 Å². The van der Waals surface area contributed by atoms with Gasteiger partial charge >= 0.3 is 5.97 Å². The number of benzene rings is 1. The Bertz CT molecular complexity index is 1100. The number of ether oxygens (including phenoxy) is 1. The first-order valence-electron chi connectivity index (χ1n) is 8.17. The summed E-state index contributed by atoms with van der Waals surface area (Å²) >= 11 is 0. The fraction of sp³-hybridized carbons (Fsp3) is 0.158. The molecule has 26 heavy (non-hydrogen) atoms. The summed E-state index contributed by atoms with van der Waals surface area (Å²) in [6.07, 6.45) is 5.28. The molecule has 0 N–H and O–H groups in total. The standard InChI is InChI=1S/C19H16N4O3/c1-3-25-19(24)16-9-13(6-7-20-16)18-22-15-8-12(4-5-17(15)26-18)14-10-21-23(2)11-14/h4-11H,3H2,1-2H3. The lowest BCUT2D eigenvalue weighted by Gasteiger charge is -2.01. The third-order valence-electron chi connectivity index (χ3n) is 3.92. The molecule has 3 aromatic heterocycles. The van der Waals surface area contributed by atoms with Gasteiger partial charge in [0.2, 0.25) is 5.89 Å². The maximum atomic E-state index is 11.9. The van der Waals surface area contributed by atoms with E-state index in [1.54, 1.807) is 29.9 Å². The molecule has 0 saturated heterocycles. The highest BCUT2D eigenvalue weighted by atomic mass is 16.5. The maximum absolute atomic E-state index is 11.9. The van der Waals surface area contributed by atoms with Crippen molar-refractivity contribution in [3.8, 4) is 22.6 Å². The van der Waals surface area contributed by atoms with Gasteiger partial charge in [-0.05, 0) is 36.8 Å². The smallest absolute Gasteiger partial charge is 0.356 e. The van der Waals surface area contributed by atoms with E-state index in [0.717, 1.165) is 16.6 Å². The maximum Gasteiger partial charge on any atom is 0.356 e. The minimum Gasteiger partial charge on any atom is -0.461 e. The number of aryl methyl sites for hydroxylation is 1. The SMILES string of the molecule is CCOC(=O)c1cc(-c2nc3cc(-c4cnn(C)c4)ccc3o2)ccn1. The Hall–Kier alpha value is -3.48. The quantitative estimate of drug-likeness (QED) is 0.525. The first-order chi connectivity index (χ1) is 12.6. The van der Waals surface area contributed by atoms with E-state index in [0.29, 0.717) is 23.6 Å². The van der Waals surface area contributed by atoms with Crippen LogP contribution in [0, 0.1) is 0 Å². The topological polar surface area (TPSA) is 83.0 Å². The molecule has 0 aliphatic carbocycles. The van der Waals surface area contributed by atoms with Crippen molar-refractivity contribution in [3.63, 3.8) is 0 Å². The minimum absolute atomic E-state index is 0.225. The molecule has 0 unspecified atom stereocenters. The molecule has 1 aromatic carbocycles. The summed E-state index contributed by atoms with van der Waals surface area (Å²) in [6, 6.07) is 9.15. The molecule has 0 bridgehead atoms. The minimum atomic E-state index is -0.468. The number of esters is 1. The third kappa shape index (κ3) is 2.95. The predicted molar refractivity (Wildman–Crippen MR) is 95.4 cm³/mol. The highest BCUT2D eigenvalue weighted by Gasteiger charge is 2.14. The van der Waals surface area contributed by atoms with Gasteiger partial charge in [0.25, 0.3) is 0 Å². The van der Waals surface area contributed by atoms with Crippen LogP contribution in [0.15, 0.2) is 53.3 Å². The van der Waals surface area contributed by atoms with Crippen LogP contribution in [0.2, 0.25) is 0 Å². The van der Waals surface area contributed by atoms with Crippen LogP contribution in [0.25, 0.3) is 33.7 Å². The fourth-order valence-corrected chi connectivity index (χ4v) is 2.68. The summed E-state index contributed by atoms with van der Waals surface area (Å²) in [4.78, 5) is 20.4. The van der Waals surface area contributed by atoms with E-state index in [2.05, 4.69) is 15.1 Å². The van der Waals surface area contributed by atoms with Gasteiger partial charge in [-0.15, -0.1) is 0 Å². The number of carbonyl (C=O) groups is 1.